The molecule has 2 aromatic rings. The van der Waals surface area contributed by atoms with Crippen LogP contribution in [0.2, 0.25) is 0 Å². The normalized spacial score (nSPS) is 11.0. The second-order valence-electron chi connectivity index (χ2n) is 4.92. The number of hydrogen-bond donors (Lipinski definition) is 2. The van der Waals surface area contributed by atoms with E-state index in [9.17, 15) is 4.79 Å². The Morgan fingerprint density at radius 1 is 1.29 bits per heavy atom. The van der Waals surface area contributed by atoms with Gasteiger partial charge in [0.2, 0.25) is 0 Å². The van der Waals surface area contributed by atoms with Crippen molar-refractivity contribution in [1.29, 1.82) is 0 Å². The molecule has 0 radical (unpaired) electrons. The molecule has 0 atom stereocenters. The van der Waals surface area contributed by atoms with Crippen molar-refractivity contribution >= 4 is 16.8 Å². The van der Waals surface area contributed by atoms with Gasteiger partial charge in [-0.05, 0) is 37.4 Å². The number of fused-ring (bicyclic) bond motifs is 1. The lowest BCUT2D eigenvalue weighted by Gasteiger charge is -2.17. The summed E-state index contributed by atoms with van der Waals surface area (Å²) in [6, 6.07) is 7.56. The van der Waals surface area contributed by atoms with Crippen LogP contribution in [0, 0.1) is 0 Å². The number of methoxy groups -OCH3 is 1. The van der Waals surface area contributed by atoms with Crippen molar-refractivity contribution in [2.75, 3.05) is 33.3 Å². The van der Waals surface area contributed by atoms with Gasteiger partial charge in [0.15, 0.2) is 0 Å². The highest BCUT2D eigenvalue weighted by Gasteiger charge is 2.10. The minimum Gasteiger partial charge on any atom is -0.497 e. The average molecular weight is 289 g/mol. The first-order chi connectivity index (χ1) is 10.2. The number of benzene rings is 1. The number of ether oxygens (including phenoxy) is 1. The van der Waals surface area contributed by atoms with E-state index in [0.29, 0.717) is 12.2 Å². The third kappa shape index (κ3) is 3.76. The summed E-state index contributed by atoms with van der Waals surface area (Å²) in [5.41, 5.74) is 1.52. The van der Waals surface area contributed by atoms with E-state index in [0.717, 1.165) is 36.3 Å². The fourth-order valence-electron chi connectivity index (χ4n) is 2.32. The number of carbonyl (C=O) groups is 1. The predicted molar refractivity (Wildman–Crippen MR) is 85.0 cm³/mol. The molecule has 114 valence electrons. The van der Waals surface area contributed by atoms with Crippen LogP contribution in [0.15, 0.2) is 24.3 Å². The number of aromatic amines is 1. The zero-order chi connectivity index (χ0) is 15.2. The molecule has 21 heavy (non-hydrogen) atoms. The number of aromatic nitrogens is 1. The van der Waals surface area contributed by atoms with Gasteiger partial charge in [-0.15, -0.1) is 0 Å². The lowest BCUT2D eigenvalue weighted by Crippen LogP contribution is -2.34. The third-order valence-electron chi connectivity index (χ3n) is 3.68. The minimum atomic E-state index is -0.0719. The molecule has 1 aromatic carbocycles. The quantitative estimate of drug-likeness (QED) is 0.822. The van der Waals surface area contributed by atoms with E-state index >= 15 is 0 Å². The van der Waals surface area contributed by atoms with Crippen molar-refractivity contribution in [1.82, 2.24) is 15.2 Å². The highest BCUT2D eigenvalue weighted by atomic mass is 16.5. The predicted octanol–water partition coefficient (Wildman–Crippen LogP) is 2.25. The molecular formula is C16H23N3O2. The van der Waals surface area contributed by atoms with Crippen molar-refractivity contribution in [3.8, 4) is 5.75 Å². The summed E-state index contributed by atoms with van der Waals surface area (Å²) in [6.07, 6.45) is 0. The molecule has 1 aromatic heterocycles. The Balaban J connectivity index is 1.99. The van der Waals surface area contributed by atoms with Crippen LogP contribution in [0.25, 0.3) is 10.9 Å². The Kier molecular flexibility index (Phi) is 5.22. The molecule has 0 unspecified atom stereocenters. The molecule has 0 saturated heterocycles. The van der Waals surface area contributed by atoms with Gasteiger partial charge in [-0.25, -0.2) is 0 Å². The van der Waals surface area contributed by atoms with Gasteiger partial charge >= 0.3 is 0 Å². The van der Waals surface area contributed by atoms with E-state index in [1.54, 1.807) is 7.11 Å². The first kappa shape index (κ1) is 15.4. The van der Waals surface area contributed by atoms with Crippen molar-refractivity contribution in [2.24, 2.45) is 0 Å². The van der Waals surface area contributed by atoms with Gasteiger partial charge in [0.05, 0.1) is 7.11 Å². The van der Waals surface area contributed by atoms with Gasteiger partial charge in [0.1, 0.15) is 11.4 Å². The number of likely N-dealkylation sites (N-methyl/N-ethyl adjacent to an activating group) is 1. The molecule has 5 heteroatoms. The van der Waals surface area contributed by atoms with Gasteiger partial charge in [0.25, 0.3) is 5.91 Å². The molecule has 0 fully saturated rings. The molecule has 5 nitrogen and oxygen atoms in total. The van der Waals surface area contributed by atoms with E-state index in [1.807, 2.05) is 24.3 Å². The highest BCUT2D eigenvalue weighted by Crippen LogP contribution is 2.21. The Bertz CT molecular complexity index is 603. The summed E-state index contributed by atoms with van der Waals surface area (Å²) in [7, 11) is 1.63. The Morgan fingerprint density at radius 2 is 2.05 bits per heavy atom. The summed E-state index contributed by atoms with van der Waals surface area (Å²) >= 11 is 0. The van der Waals surface area contributed by atoms with E-state index in [4.69, 9.17) is 4.74 Å². The van der Waals surface area contributed by atoms with Crippen LogP contribution in [0.1, 0.15) is 24.3 Å². The summed E-state index contributed by atoms with van der Waals surface area (Å²) in [6.45, 7) is 7.76. The first-order valence-corrected chi connectivity index (χ1v) is 7.35. The number of nitrogens with zero attached hydrogens (tertiary/aromatic N) is 1. The second kappa shape index (κ2) is 7.13. The number of hydrogen-bond acceptors (Lipinski definition) is 3. The number of nitrogens with one attached hydrogen (secondary N) is 2. The van der Waals surface area contributed by atoms with E-state index < -0.39 is 0 Å². The zero-order valence-corrected chi connectivity index (χ0v) is 12.9. The Labute approximate surface area is 125 Å². The van der Waals surface area contributed by atoms with Crippen LogP contribution < -0.4 is 10.1 Å². The lowest BCUT2D eigenvalue weighted by atomic mass is 10.2. The van der Waals surface area contributed by atoms with Crippen LogP contribution in [0.5, 0.6) is 5.75 Å². The molecule has 0 spiro atoms. The molecule has 0 aliphatic heterocycles. The van der Waals surface area contributed by atoms with Crippen LogP contribution in [-0.4, -0.2) is 49.1 Å². The summed E-state index contributed by atoms with van der Waals surface area (Å²) < 4.78 is 5.19. The molecule has 1 amide bonds. The largest absolute Gasteiger partial charge is 0.497 e. The molecule has 0 saturated carbocycles. The zero-order valence-electron chi connectivity index (χ0n) is 12.9. The maximum Gasteiger partial charge on any atom is 0.267 e. The maximum atomic E-state index is 12.1. The van der Waals surface area contributed by atoms with Crippen LogP contribution in [-0.2, 0) is 0 Å². The van der Waals surface area contributed by atoms with Gasteiger partial charge in [0, 0.05) is 24.0 Å². The second-order valence-corrected chi connectivity index (χ2v) is 4.92. The smallest absolute Gasteiger partial charge is 0.267 e. The van der Waals surface area contributed by atoms with Crippen LogP contribution in [0.4, 0.5) is 0 Å². The van der Waals surface area contributed by atoms with Gasteiger partial charge < -0.3 is 19.9 Å². The molecule has 0 bridgehead atoms. The van der Waals surface area contributed by atoms with Crippen molar-refractivity contribution < 1.29 is 9.53 Å². The van der Waals surface area contributed by atoms with E-state index in [1.165, 1.54) is 0 Å². The third-order valence-corrected chi connectivity index (χ3v) is 3.68. The van der Waals surface area contributed by atoms with Crippen LogP contribution >= 0.6 is 0 Å². The highest BCUT2D eigenvalue weighted by molar-refractivity contribution is 5.98. The number of H-pyrrole nitrogens is 1. The molecule has 2 N–H and O–H groups in total. The number of amides is 1. The summed E-state index contributed by atoms with van der Waals surface area (Å²) in [4.78, 5) is 17.5. The van der Waals surface area contributed by atoms with E-state index in [2.05, 4.69) is 29.0 Å². The van der Waals surface area contributed by atoms with Gasteiger partial charge in [-0.3, -0.25) is 4.79 Å². The van der Waals surface area contributed by atoms with Crippen molar-refractivity contribution in [3.63, 3.8) is 0 Å². The molecular weight excluding hydrogens is 266 g/mol. The molecule has 0 aliphatic carbocycles. The van der Waals surface area contributed by atoms with Gasteiger partial charge in [-0.2, -0.15) is 0 Å². The Hall–Kier alpha value is -2.01. The van der Waals surface area contributed by atoms with Crippen LogP contribution in [0.3, 0.4) is 0 Å². The number of carbonyl (C=O) groups excluding carboxylic acids is 1. The minimum absolute atomic E-state index is 0.0719. The summed E-state index contributed by atoms with van der Waals surface area (Å²) in [5.74, 6) is 0.715. The van der Waals surface area contributed by atoms with Crippen molar-refractivity contribution in [3.05, 3.63) is 30.0 Å². The van der Waals surface area contributed by atoms with E-state index in [-0.39, 0.29) is 5.91 Å². The van der Waals surface area contributed by atoms with Gasteiger partial charge in [-0.1, -0.05) is 13.8 Å². The van der Waals surface area contributed by atoms with Crippen molar-refractivity contribution in [2.45, 2.75) is 13.8 Å². The summed E-state index contributed by atoms with van der Waals surface area (Å²) in [5, 5.41) is 3.92. The Morgan fingerprint density at radius 3 is 2.71 bits per heavy atom. The maximum absolute atomic E-state index is 12.1. The first-order valence-electron chi connectivity index (χ1n) is 7.35. The monoisotopic (exact) mass is 289 g/mol. The fourth-order valence-corrected chi connectivity index (χ4v) is 2.32. The standard InChI is InChI=1S/C16H23N3O2/c1-4-19(5-2)9-8-17-16(20)15-11-12-10-13(21-3)6-7-14(12)18-15/h6-7,10-11,18H,4-5,8-9H2,1-3H3,(H,17,20). The number of rotatable bonds is 7. The molecule has 0 aliphatic rings. The lowest BCUT2D eigenvalue weighted by molar-refractivity contribution is 0.0945. The SMILES string of the molecule is CCN(CC)CCNC(=O)c1cc2cc(OC)ccc2[nH]1. The topological polar surface area (TPSA) is 57.4 Å². The fraction of sp³-hybridized carbons (Fsp3) is 0.438. The molecule has 1 heterocycles. The molecule has 2 rings (SSSR count). The average Bonchev–Trinajstić information content (AvgIpc) is 2.94.